The van der Waals surface area contributed by atoms with Gasteiger partial charge in [-0.25, -0.2) is 4.79 Å². The molecule has 186 valence electrons. The molecule has 4 N–H and O–H groups in total. The fourth-order valence-corrected chi connectivity index (χ4v) is 2.80. The van der Waals surface area contributed by atoms with Crippen LogP contribution in [0.4, 0.5) is 21.9 Å². The normalized spacial score (nSPS) is 10.6. The Morgan fingerprint density at radius 3 is 1.69 bits per heavy atom. The highest BCUT2D eigenvalue weighted by Gasteiger charge is 2.18. The summed E-state index contributed by atoms with van der Waals surface area (Å²) in [5.74, 6) is -1.77. The number of ether oxygens (including phenoxy) is 1. The number of hydrogen-bond acceptors (Lipinski definition) is 9. The third-order valence-electron chi connectivity index (χ3n) is 4.48. The molecule has 3 rings (SSSR count). The molecule has 0 radical (unpaired) electrons. The number of amides is 4. The first-order valence-corrected chi connectivity index (χ1v) is 10.4. The summed E-state index contributed by atoms with van der Waals surface area (Å²) >= 11 is 0. The van der Waals surface area contributed by atoms with Crippen molar-refractivity contribution in [1.29, 1.82) is 0 Å². The molecule has 0 bridgehead atoms. The molecular weight excluding hydrogens is 462 g/mol. The monoisotopic (exact) mass is 487 g/mol. The SMILES string of the molecule is COC(=O)Nc1coc(C(=O)Nc2coc(C(=O)Nc3coc(C(=O)NCCCN(C)C)c3)c2)c1. The van der Waals surface area contributed by atoms with Crippen molar-refractivity contribution in [2.45, 2.75) is 6.42 Å². The van der Waals surface area contributed by atoms with Gasteiger partial charge in [0.05, 0.1) is 24.2 Å². The standard InChI is InChI=1S/C22H25N5O8/c1-27(2)6-4-5-23-19(28)16-7-13(10-33-16)24-20(29)17-8-14(11-34-17)25-21(30)18-9-15(12-35-18)26-22(31)32-3/h7-12H,4-6H2,1-3H3,(H,23,28)(H,24,29)(H,25,30)(H,26,31). The maximum atomic E-state index is 12.4. The number of rotatable bonds is 10. The molecule has 13 heteroatoms. The Balaban J connectivity index is 1.51. The lowest BCUT2D eigenvalue weighted by Crippen LogP contribution is -2.26. The summed E-state index contributed by atoms with van der Waals surface area (Å²) in [6, 6.07) is 4.00. The van der Waals surface area contributed by atoms with Gasteiger partial charge in [-0.15, -0.1) is 0 Å². The van der Waals surface area contributed by atoms with Crippen molar-refractivity contribution in [3.8, 4) is 0 Å². The molecule has 3 aromatic rings. The molecule has 3 heterocycles. The van der Waals surface area contributed by atoms with Gasteiger partial charge in [0.15, 0.2) is 17.3 Å². The Labute approximate surface area is 199 Å². The number of furan rings is 3. The molecule has 4 amide bonds. The minimum atomic E-state index is -0.714. The van der Waals surface area contributed by atoms with Crippen LogP contribution in [0.2, 0.25) is 0 Å². The quantitative estimate of drug-likeness (QED) is 0.314. The van der Waals surface area contributed by atoms with Crippen LogP contribution >= 0.6 is 0 Å². The first-order chi connectivity index (χ1) is 16.7. The predicted octanol–water partition coefficient (Wildman–Crippen LogP) is 2.83. The van der Waals surface area contributed by atoms with E-state index in [0.717, 1.165) is 13.0 Å². The van der Waals surface area contributed by atoms with Gasteiger partial charge in [-0.1, -0.05) is 0 Å². The maximum absolute atomic E-state index is 12.4. The maximum Gasteiger partial charge on any atom is 0.411 e. The van der Waals surface area contributed by atoms with Crippen LogP contribution in [0, 0.1) is 0 Å². The molecule has 0 aliphatic rings. The lowest BCUT2D eigenvalue weighted by molar-refractivity contribution is 0.0923. The van der Waals surface area contributed by atoms with E-state index in [1.165, 1.54) is 44.1 Å². The Morgan fingerprint density at radius 2 is 1.23 bits per heavy atom. The molecule has 0 saturated heterocycles. The van der Waals surface area contributed by atoms with Gasteiger partial charge in [0.1, 0.15) is 18.8 Å². The highest BCUT2D eigenvalue weighted by atomic mass is 16.5. The Morgan fingerprint density at radius 1 is 0.771 bits per heavy atom. The van der Waals surface area contributed by atoms with Gasteiger partial charge in [0.2, 0.25) is 0 Å². The van der Waals surface area contributed by atoms with Gasteiger partial charge in [-0.2, -0.15) is 0 Å². The second-order valence-electron chi connectivity index (χ2n) is 7.54. The first kappa shape index (κ1) is 25.1. The van der Waals surface area contributed by atoms with Crippen LogP contribution in [0.5, 0.6) is 0 Å². The van der Waals surface area contributed by atoms with Crippen LogP contribution < -0.4 is 21.3 Å². The van der Waals surface area contributed by atoms with E-state index in [1.54, 1.807) is 0 Å². The average molecular weight is 487 g/mol. The zero-order chi connectivity index (χ0) is 25.4. The van der Waals surface area contributed by atoms with E-state index in [4.69, 9.17) is 13.3 Å². The van der Waals surface area contributed by atoms with Crippen molar-refractivity contribution in [3.63, 3.8) is 0 Å². The summed E-state index contributed by atoms with van der Waals surface area (Å²) in [7, 11) is 5.09. The average Bonchev–Trinajstić information content (AvgIpc) is 3.57. The summed E-state index contributed by atoms with van der Waals surface area (Å²) < 4.78 is 20.0. The third-order valence-corrected chi connectivity index (χ3v) is 4.48. The molecule has 0 spiro atoms. The van der Waals surface area contributed by atoms with Gasteiger partial charge in [0.25, 0.3) is 17.7 Å². The summed E-state index contributed by atoms with van der Waals surface area (Å²) in [5.41, 5.74) is 0.691. The lowest BCUT2D eigenvalue weighted by atomic mass is 10.3. The van der Waals surface area contributed by atoms with E-state index in [9.17, 15) is 19.2 Å². The number of carbonyl (C=O) groups is 4. The highest BCUT2D eigenvalue weighted by Crippen LogP contribution is 2.20. The topological polar surface area (TPSA) is 168 Å². The second-order valence-corrected chi connectivity index (χ2v) is 7.54. The van der Waals surface area contributed by atoms with E-state index in [-0.39, 0.29) is 34.3 Å². The van der Waals surface area contributed by atoms with Crippen molar-refractivity contribution in [3.05, 3.63) is 54.3 Å². The van der Waals surface area contributed by atoms with Gasteiger partial charge in [-0.3, -0.25) is 19.7 Å². The van der Waals surface area contributed by atoms with Crippen LogP contribution in [-0.4, -0.2) is 63.0 Å². The molecule has 0 unspecified atom stereocenters. The van der Waals surface area contributed by atoms with Crippen molar-refractivity contribution < 1.29 is 37.2 Å². The summed E-state index contributed by atoms with van der Waals surface area (Å²) in [6.45, 7) is 1.32. The molecule has 13 nitrogen and oxygen atoms in total. The molecule has 0 saturated carbocycles. The largest absolute Gasteiger partial charge is 0.457 e. The van der Waals surface area contributed by atoms with Crippen molar-refractivity contribution in [1.82, 2.24) is 10.2 Å². The summed E-state index contributed by atoms with van der Waals surface area (Å²) in [5, 5.41) is 10.1. The van der Waals surface area contributed by atoms with Gasteiger partial charge in [-0.05, 0) is 27.1 Å². The lowest BCUT2D eigenvalue weighted by Gasteiger charge is -2.08. The zero-order valence-corrected chi connectivity index (χ0v) is 19.3. The third kappa shape index (κ3) is 7.23. The molecule has 35 heavy (non-hydrogen) atoms. The molecule has 0 aromatic carbocycles. The molecule has 0 aliphatic heterocycles. The van der Waals surface area contributed by atoms with E-state index < -0.39 is 23.8 Å². The minimum absolute atomic E-state index is 0.0528. The van der Waals surface area contributed by atoms with Crippen LogP contribution in [0.3, 0.4) is 0 Å². The Kier molecular flexibility index (Phi) is 8.29. The number of nitrogens with zero attached hydrogens (tertiary/aromatic N) is 1. The van der Waals surface area contributed by atoms with Crippen molar-refractivity contribution >= 4 is 40.9 Å². The second kappa shape index (κ2) is 11.6. The van der Waals surface area contributed by atoms with E-state index in [0.29, 0.717) is 6.54 Å². The smallest absolute Gasteiger partial charge is 0.411 e. The fraction of sp³-hybridized carbons (Fsp3) is 0.273. The van der Waals surface area contributed by atoms with Crippen molar-refractivity contribution in [2.24, 2.45) is 0 Å². The van der Waals surface area contributed by atoms with Crippen LogP contribution in [0.1, 0.15) is 38.1 Å². The van der Waals surface area contributed by atoms with Crippen LogP contribution in [-0.2, 0) is 4.74 Å². The number of anilines is 3. The fourth-order valence-electron chi connectivity index (χ4n) is 2.80. The molecule has 0 aliphatic carbocycles. The number of methoxy groups -OCH3 is 1. The molecule has 3 aromatic heterocycles. The van der Waals surface area contributed by atoms with Crippen molar-refractivity contribution in [2.75, 3.05) is 50.2 Å². The first-order valence-electron chi connectivity index (χ1n) is 10.4. The van der Waals surface area contributed by atoms with Gasteiger partial charge >= 0.3 is 6.09 Å². The summed E-state index contributed by atoms with van der Waals surface area (Å²) in [4.78, 5) is 50.1. The number of carbonyl (C=O) groups excluding carboxylic acids is 4. The van der Waals surface area contributed by atoms with Gasteiger partial charge < -0.3 is 38.8 Å². The van der Waals surface area contributed by atoms with Gasteiger partial charge in [0, 0.05) is 24.7 Å². The van der Waals surface area contributed by atoms with E-state index >= 15 is 0 Å². The summed E-state index contributed by atoms with van der Waals surface area (Å²) in [6.07, 6.45) is 3.64. The van der Waals surface area contributed by atoms with Crippen LogP contribution in [0.15, 0.2) is 50.2 Å². The minimum Gasteiger partial charge on any atom is -0.457 e. The zero-order valence-electron chi connectivity index (χ0n) is 19.3. The molecule has 0 fully saturated rings. The number of nitrogens with one attached hydrogen (secondary N) is 4. The highest BCUT2D eigenvalue weighted by molar-refractivity contribution is 6.06. The van der Waals surface area contributed by atoms with E-state index in [2.05, 4.69) is 26.0 Å². The number of hydrogen-bond donors (Lipinski definition) is 4. The molecular formula is C22H25N5O8. The Bertz CT molecular complexity index is 1190. The molecule has 0 atom stereocenters. The van der Waals surface area contributed by atoms with E-state index in [1.807, 2.05) is 19.0 Å². The Hall–Kier alpha value is -4.52. The predicted molar refractivity (Wildman–Crippen MR) is 124 cm³/mol. The van der Waals surface area contributed by atoms with Crippen LogP contribution in [0.25, 0.3) is 0 Å².